The predicted octanol–water partition coefficient (Wildman–Crippen LogP) is 4.71. The minimum Gasteiger partial charge on any atom is -0.325 e. The molecule has 2 rings (SSSR count). The van der Waals surface area contributed by atoms with Crippen LogP contribution >= 0.6 is 11.8 Å². The zero-order valence-electron chi connectivity index (χ0n) is 11.6. The average Bonchev–Trinajstić information content (AvgIpc) is 2.48. The fourth-order valence-corrected chi connectivity index (χ4v) is 2.49. The highest BCUT2D eigenvalue weighted by atomic mass is 32.2. The summed E-state index contributed by atoms with van der Waals surface area (Å²) >= 11 is 0.393. The third-order valence-corrected chi connectivity index (χ3v) is 3.72. The standard InChI is InChI=1S/C16H14F3NOS/c17-12-8-5-11(6-9-12)7-10-15(21)20-13-3-1-2-4-14(13)22-16(18)19/h1-6,8-9,16H,7,10H2,(H,20,21). The van der Waals surface area contributed by atoms with E-state index in [-0.39, 0.29) is 18.1 Å². The molecule has 2 nitrogen and oxygen atoms in total. The molecular formula is C16H14F3NOS. The lowest BCUT2D eigenvalue weighted by molar-refractivity contribution is -0.116. The third kappa shape index (κ3) is 5.11. The van der Waals surface area contributed by atoms with Crippen molar-refractivity contribution < 1.29 is 18.0 Å². The van der Waals surface area contributed by atoms with Crippen LogP contribution in [0.2, 0.25) is 0 Å². The second-order valence-corrected chi connectivity index (χ2v) is 5.58. The molecule has 2 aromatic carbocycles. The van der Waals surface area contributed by atoms with E-state index >= 15 is 0 Å². The zero-order chi connectivity index (χ0) is 15.9. The van der Waals surface area contributed by atoms with Gasteiger partial charge >= 0.3 is 0 Å². The molecule has 0 aliphatic carbocycles. The van der Waals surface area contributed by atoms with Gasteiger partial charge in [0.2, 0.25) is 5.91 Å². The molecule has 6 heteroatoms. The van der Waals surface area contributed by atoms with Crippen LogP contribution in [0.25, 0.3) is 0 Å². The minimum atomic E-state index is -2.54. The van der Waals surface area contributed by atoms with Crippen molar-refractivity contribution in [2.24, 2.45) is 0 Å². The van der Waals surface area contributed by atoms with Crippen molar-refractivity contribution in [2.75, 3.05) is 5.32 Å². The minimum absolute atomic E-state index is 0.194. The molecule has 116 valence electrons. The molecular weight excluding hydrogens is 311 g/mol. The first kappa shape index (κ1) is 16.4. The number of para-hydroxylation sites is 1. The number of rotatable bonds is 6. The maximum Gasteiger partial charge on any atom is 0.288 e. The van der Waals surface area contributed by atoms with Gasteiger partial charge in [0.05, 0.1) is 5.69 Å². The number of hydrogen-bond acceptors (Lipinski definition) is 2. The number of halogens is 3. The van der Waals surface area contributed by atoms with Crippen LogP contribution in [0, 0.1) is 5.82 Å². The molecule has 0 aliphatic rings. The summed E-state index contributed by atoms with van der Waals surface area (Å²) in [6.45, 7) is 0. The summed E-state index contributed by atoms with van der Waals surface area (Å²) < 4.78 is 37.7. The first-order chi connectivity index (χ1) is 10.5. The van der Waals surface area contributed by atoms with Gasteiger partial charge in [0.25, 0.3) is 5.76 Å². The summed E-state index contributed by atoms with van der Waals surface area (Å²) in [7, 11) is 0. The molecule has 0 unspecified atom stereocenters. The van der Waals surface area contributed by atoms with Crippen LogP contribution in [-0.4, -0.2) is 11.7 Å². The third-order valence-electron chi connectivity index (χ3n) is 2.93. The van der Waals surface area contributed by atoms with Crippen LogP contribution in [-0.2, 0) is 11.2 Å². The van der Waals surface area contributed by atoms with Crippen molar-refractivity contribution in [3.05, 3.63) is 59.9 Å². The van der Waals surface area contributed by atoms with E-state index in [1.807, 2.05) is 0 Å². The first-order valence-electron chi connectivity index (χ1n) is 6.63. The number of nitrogens with one attached hydrogen (secondary N) is 1. The van der Waals surface area contributed by atoms with Crippen LogP contribution in [0.5, 0.6) is 0 Å². The Labute approximate surface area is 130 Å². The van der Waals surface area contributed by atoms with E-state index in [2.05, 4.69) is 5.32 Å². The van der Waals surface area contributed by atoms with Gasteiger partial charge in [-0.1, -0.05) is 36.0 Å². The Hall–Kier alpha value is -1.95. The molecule has 0 spiro atoms. The Morgan fingerprint density at radius 3 is 2.45 bits per heavy atom. The number of alkyl halides is 2. The molecule has 0 atom stereocenters. The predicted molar refractivity (Wildman–Crippen MR) is 81.7 cm³/mol. The number of amides is 1. The van der Waals surface area contributed by atoms with Crippen LogP contribution in [0.15, 0.2) is 53.4 Å². The fraction of sp³-hybridized carbons (Fsp3) is 0.188. The molecule has 0 heterocycles. The maximum absolute atomic E-state index is 12.8. The number of aryl methyl sites for hydroxylation is 1. The Bertz CT molecular complexity index is 632. The van der Waals surface area contributed by atoms with E-state index < -0.39 is 5.76 Å². The lowest BCUT2D eigenvalue weighted by atomic mass is 10.1. The Morgan fingerprint density at radius 2 is 1.77 bits per heavy atom. The van der Waals surface area contributed by atoms with Crippen molar-refractivity contribution in [3.8, 4) is 0 Å². The molecule has 0 aromatic heterocycles. The van der Waals surface area contributed by atoms with Gasteiger partial charge in [0.1, 0.15) is 5.82 Å². The van der Waals surface area contributed by atoms with E-state index in [1.165, 1.54) is 18.2 Å². The van der Waals surface area contributed by atoms with E-state index in [0.717, 1.165) is 5.56 Å². The van der Waals surface area contributed by atoms with E-state index in [4.69, 9.17) is 0 Å². The molecule has 0 saturated carbocycles. The number of benzene rings is 2. The average molecular weight is 325 g/mol. The molecule has 22 heavy (non-hydrogen) atoms. The topological polar surface area (TPSA) is 29.1 Å². The Morgan fingerprint density at radius 1 is 1.09 bits per heavy atom. The highest BCUT2D eigenvalue weighted by Crippen LogP contribution is 2.31. The number of thioether (sulfide) groups is 1. The van der Waals surface area contributed by atoms with Crippen molar-refractivity contribution in [3.63, 3.8) is 0 Å². The monoisotopic (exact) mass is 325 g/mol. The van der Waals surface area contributed by atoms with Gasteiger partial charge < -0.3 is 5.32 Å². The molecule has 0 radical (unpaired) electrons. The van der Waals surface area contributed by atoms with Crippen LogP contribution in [0.4, 0.5) is 18.9 Å². The molecule has 0 bridgehead atoms. The number of carbonyl (C=O) groups excluding carboxylic acids is 1. The fourth-order valence-electron chi connectivity index (χ4n) is 1.89. The van der Waals surface area contributed by atoms with E-state index in [0.29, 0.717) is 28.8 Å². The highest BCUT2D eigenvalue weighted by Gasteiger charge is 2.11. The largest absolute Gasteiger partial charge is 0.325 e. The van der Waals surface area contributed by atoms with Gasteiger partial charge in [-0.25, -0.2) is 4.39 Å². The smallest absolute Gasteiger partial charge is 0.288 e. The molecule has 0 saturated heterocycles. The van der Waals surface area contributed by atoms with Crippen molar-refractivity contribution in [1.82, 2.24) is 0 Å². The van der Waals surface area contributed by atoms with Gasteiger partial charge in [0.15, 0.2) is 0 Å². The van der Waals surface area contributed by atoms with Crippen LogP contribution < -0.4 is 5.32 Å². The second kappa shape index (κ2) is 7.89. The lowest BCUT2D eigenvalue weighted by Crippen LogP contribution is -2.13. The van der Waals surface area contributed by atoms with Crippen LogP contribution in [0.1, 0.15) is 12.0 Å². The lowest BCUT2D eigenvalue weighted by Gasteiger charge is -2.10. The summed E-state index contributed by atoms with van der Waals surface area (Å²) in [4.78, 5) is 12.2. The second-order valence-electron chi connectivity index (χ2n) is 4.55. The zero-order valence-corrected chi connectivity index (χ0v) is 12.4. The summed E-state index contributed by atoms with van der Waals surface area (Å²) in [6.07, 6.45) is 0.648. The quantitative estimate of drug-likeness (QED) is 0.779. The van der Waals surface area contributed by atoms with Gasteiger partial charge in [-0.3, -0.25) is 4.79 Å². The normalized spacial score (nSPS) is 10.7. The summed E-state index contributed by atoms with van der Waals surface area (Å²) in [6, 6.07) is 12.3. The Kier molecular flexibility index (Phi) is 5.89. The number of hydrogen-bond donors (Lipinski definition) is 1. The molecule has 1 amide bonds. The highest BCUT2D eigenvalue weighted by molar-refractivity contribution is 7.99. The molecule has 1 N–H and O–H groups in total. The maximum atomic E-state index is 12.8. The summed E-state index contributed by atoms with van der Waals surface area (Å²) in [5.74, 6) is -3.14. The van der Waals surface area contributed by atoms with Gasteiger partial charge in [-0.05, 0) is 36.2 Å². The Balaban J connectivity index is 1.93. The van der Waals surface area contributed by atoms with E-state index in [9.17, 15) is 18.0 Å². The summed E-state index contributed by atoms with van der Waals surface area (Å²) in [5, 5.41) is 2.63. The number of anilines is 1. The van der Waals surface area contributed by atoms with Crippen molar-refractivity contribution in [2.45, 2.75) is 23.5 Å². The summed E-state index contributed by atoms with van der Waals surface area (Å²) in [5.41, 5.74) is 1.21. The first-order valence-corrected chi connectivity index (χ1v) is 7.50. The van der Waals surface area contributed by atoms with Gasteiger partial charge in [-0.2, -0.15) is 8.78 Å². The van der Waals surface area contributed by atoms with E-state index in [1.54, 1.807) is 30.3 Å². The van der Waals surface area contributed by atoms with Crippen molar-refractivity contribution >= 4 is 23.4 Å². The van der Waals surface area contributed by atoms with Crippen LogP contribution in [0.3, 0.4) is 0 Å². The molecule has 0 aliphatic heterocycles. The SMILES string of the molecule is O=C(CCc1ccc(F)cc1)Nc1ccccc1SC(F)F. The van der Waals surface area contributed by atoms with Gasteiger partial charge in [0, 0.05) is 11.3 Å². The van der Waals surface area contributed by atoms with Crippen molar-refractivity contribution in [1.29, 1.82) is 0 Å². The molecule has 0 fully saturated rings. The number of carbonyl (C=O) groups is 1. The van der Waals surface area contributed by atoms with Gasteiger partial charge in [-0.15, -0.1) is 0 Å². The molecule has 2 aromatic rings.